The molecule has 138 valence electrons. The summed E-state index contributed by atoms with van der Waals surface area (Å²) in [4.78, 5) is 6.94. The van der Waals surface area contributed by atoms with Gasteiger partial charge in [-0.25, -0.2) is 0 Å². The van der Waals surface area contributed by atoms with Gasteiger partial charge in [0.05, 0.1) is 0 Å². The number of hydrogen-bond acceptors (Lipinski definition) is 2. The zero-order valence-corrected chi connectivity index (χ0v) is 16.2. The standard InChI is InChI=1S/C20H31ClN4/c1-3-4-16-13-19(16)24-20(22-2)23-18-9-11-25(12-10-18)14-15-5-7-17(21)8-6-15/h5-8,16,18-19H,3-4,9-14H2,1-2H3,(H2,22,23,24). The number of halogens is 1. The van der Waals surface area contributed by atoms with Crippen molar-refractivity contribution in [3.05, 3.63) is 34.9 Å². The molecule has 1 aliphatic heterocycles. The number of piperidine rings is 1. The average Bonchev–Trinajstić information content (AvgIpc) is 3.36. The molecular weight excluding hydrogens is 332 g/mol. The number of likely N-dealkylation sites (tertiary alicyclic amines) is 1. The van der Waals surface area contributed by atoms with Crippen molar-refractivity contribution < 1.29 is 0 Å². The van der Waals surface area contributed by atoms with Gasteiger partial charge in [0.1, 0.15) is 0 Å². The molecule has 0 bridgehead atoms. The highest BCUT2D eigenvalue weighted by atomic mass is 35.5. The van der Waals surface area contributed by atoms with Crippen molar-refractivity contribution in [2.24, 2.45) is 10.9 Å². The van der Waals surface area contributed by atoms with Crippen LogP contribution in [0.5, 0.6) is 0 Å². The van der Waals surface area contributed by atoms with Gasteiger partial charge in [0.15, 0.2) is 5.96 Å². The van der Waals surface area contributed by atoms with Crippen LogP contribution >= 0.6 is 11.6 Å². The first-order chi connectivity index (χ1) is 12.2. The number of hydrogen-bond donors (Lipinski definition) is 2. The predicted molar refractivity (Wildman–Crippen MR) is 106 cm³/mol. The summed E-state index contributed by atoms with van der Waals surface area (Å²) in [5.41, 5.74) is 1.34. The van der Waals surface area contributed by atoms with Crippen LogP contribution in [0.15, 0.2) is 29.3 Å². The molecular formula is C20H31ClN4. The molecule has 1 heterocycles. The smallest absolute Gasteiger partial charge is 0.191 e. The lowest BCUT2D eigenvalue weighted by Gasteiger charge is -2.33. The number of nitrogens with zero attached hydrogens (tertiary/aromatic N) is 2. The van der Waals surface area contributed by atoms with Crippen molar-refractivity contribution in [2.45, 2.75) is 57.7 Å². The number of aliphatic imine (C=N–C) groups is 1. The maximum atomic E-state index is 5.96. The van der Waals surface area contributed by atoms with Gasteiger partial charge in [-0.2, -0.15) is 0 Å². The van der Waals surface area contributed by atoms with Crippen LogP contribution in [-0.2, 0) is 6.54 Å². The summed E-state index contributed by atoms with van der Waals surface area (Å²) in [5.74, 6) is 1.84. The highest BCUT2D eigenvalue weighted by Gasteiger charge is 2.36. The Morgan fingerprint density at radius 3 is 2.56 bits per heavy atom. The maximum absolute atomic E-state index is 5.96. The second-order valence-corrected chi connectivity index (χ2v) is 7.87. The van der Waals surface area contributed by atoms with E-state index >= 15 is 0 Å². The largest absolute Gasteiger partial charge is 0.354 e. The lowest BCUT2D eigenvalue weighted by molar-refractivity contribution is 0.198. The predicted octanol–water partition coefficient (Wildman–Crippen LogP) is 3.66. The van der Waals surface area contributed by atoms with Crippen molar-refractivity contribution >= 4 is 17.6 Å². The van der Waals surface area contributed by atoms with E-state index in [1.54, 1.807) is 0 Å². The molecule has 1 saturated carbocycles. The van der Waals surface area contributed by atoms with Crippen LogP contribution in [0.1, 0.15) is 44.6 Å². The molecule has 1 aromatic rings. The molecule has 1 saturated heterocycles. The van der Waals surface area contributed by atoms with E-state index in [9.17, 15) is 0 Å². The van der Waals surface area contributed by atoms with E-state index < -0.39 is 0 Å². The summed E-state index contributed by atoms with van der Waals surface area (Å²) in [7, 11) is 1.88. The SMILES string of the molecule is CCCC1CC1NC(=NC)NC1CCN(Cc2ccc(Cl)cc2)CC1. The third-order valence-corrected chi connectivity index (χ3v) is 5.63. The van der Waals surface area contributed by atoms with Gasteiger partial charge in [-0.15, -0.1) is 0 Å². The fraction of sp³-hybridized carbons (Fsp3) is 0.650. The Labute approximate surface area is 157 Å². The van der Waals surface area contributed by atoms with Gasteiger partial charge < -0.3 is 10.6 Å². The molecule has 0 amide bonds. The Kier molecular flexibility index (Phi) is 6.60. The molecule has 1 aromatic carbocycles. The fourth-order valence-corrected chi connectivity index (χ4v) is 3.86. The summed E-state index contributed by atoms with van der Waals surface area (Å²) in [6, 6.07) is 9.36. The van der Waals surface area contributed by atoms with Crippen LogP contribution in [-0.4, -0.2) is 43.1 Å². The van der Waals surface area contributed by atoms with Crippen molar-refractivity contribution in [1.29, 1.82) is 0 Å². The van der Waals surface area contributed by atoms with Crippen molar-refractivity contribution in [2.75, 3.05) is 20.1 Å². The Balaban J connectivity index is 1.39. The number of rotatable bonds is 6. The highest BCUT2D eigenvalue weighted by molar-refractivity contribution is 6.30. The minimum Gasteiger partial charge on any atom is -0.354 e. The van der Waals surface area contributed by atoms with E-state index in [-0.39, 0.29) is 0 Å². The lowest BCUT2D eigenvalue weighted by atomic mass is 10.0. The fourth-order valence-electron chi connectivity index (χ4n) is 3.74. The molecule has 2 atom stereocenters. The van der Waals surface area contributed by atoms with E-state index in [4.69, 9.17) is 11.6 Å². The summed E-state index contributed by atoms with van der Waals surface area (Å²) >= 11 is 5.96. The number of guanidine groups is 1. The molecule has 2 N–H and O–H groups in total. The molecule has 2 unspecified atom stereocenters. The second-order valence-electron chi connectivity index (χ2n) is 7.43. The Hall–Kier alpha value is -1.26. The molecule has 2 aliphatic rings. The van der Waals surface area contributed by atoms with E-state index in [1.165, 1.54) is 24.8 Å². The number of nitrogens with one attached hydrogen (secondary N) is 2. The quantitative estimate of drug-likeness (QED) is 0.599. The van der Waals surface area contributed by atoms with Crippen LogP contribution in [0.3, 0.4) is 0 Å². The normalized spacial score (nSPS) is 25.0. The minimum atomic E-state index is 0.524. The molecule has 4 nitrogen and oxygen atoms in total. The Morgan fingerprint density at radius 2 is 1.92 bits per heavy atom. The molecule has 0 radical (unpaired) electrons. The van der Waals surface area contributed by atoms with Crippen molar-refractivity contribution in [3.63, 3.8) is 0 Å². The third-order valence-electron chi connectivity index (χ3n) is 5.38. The lowest BCUT2D eigenvalue weighted by Crippen LogP contribution is -2.49. The van der Waals surface area contributed by atoms with E-state index in [0.717, 1.165) is 49.4 Å². The first kappa shape index (κ1) is 18.5. The summed E-state index contributed by atoms with van der Waals surface area (Å²) in [6.07, 6.45) is 6.24. The van der Waals surface area contributed by atoms with Crippen molar-refractivity contribution in [1.82, 2.24) is 15.5 Å². The van der Waals surface area contributed by atoms with Gasteiger partial charge >= 0.3 is 0 Å². The summed E-state index contributed by atoms with van der Waals surface area (Å²) < 4.78 is 0. The van der Waals surface area contributed by atoms with Crippen LogP contribution in [0.2, 0.25) is 5.02 Å². The van der Waals surface area contributed by atoms with Crippen LogP contribution in [0.25, 0.3) is 0 Å². The third kappa shape index (κ3) is 5.61. The van der Waals surface area contributed by atoms with Gasteiger partial charge in [0.2, 0.25) is 0 Å². The monoisotopic (exact) mass is 362 g/mol. The maximum Gasteiger partial charge on any atom is 0.191 e. The van der Waals surface area contributed by atoms with Crippen molar-refractivity contribution in [3.8, 4) is 0 Å². The van der Waals surface area contributed by atoms with Gasteiger partial charge in [-0.05, 0) is 49.3 Å². The van der Waals surface area contributed by atoms with Gasteiger partial charge in [0.25, 0.3) is 0 Å². The molecule has 5 heteroatoms. The van der Waals surface area contributed by atoms with E-state index in [2.05, 4.69) is 39.6 Å². The Morgan fingerprint density at radius 1 is 1.20 bits per heavy atom. The molecule has 2 fully saturated rings. The average molecular weight is 363 g/mol. The van der Waals surface area contributed by atoms with Crippen LogP contribution < -0.4 is 10.6 Å². The van der Waals surface area contributed by atoms with E-state index in [0.29, 0.717) is 12.1 Å². The first-order valence-corrected chi connectivity index (χ1v) is 10.0. The number of benzene rings is 1. The zero-order chi connectivity index (χ0) is 17.6. The van der Waals surface area contributed by atoms with Gasteiger partial charge in [0, 0.05) is 43.8 Å². The van der Waals surface area contributed by atoms with Crippen LogP contribution in [0, 0.1) is 5.92 Å². The zero-order valence-electron chi connectivity index (χ0n) is 15.5. The molecule has 25 heavy (non-hydrogen) atoms. The summed E-state index contributed by atoms with van der Waals surface area (Å²) in [5, 5.41) is 8.03. The first-order valence-electron chi connectivity index (χ1n) is 9.64. The molecule has 3 rings (SSSR count). The molecule has 1 aliphatic carbocycles. The Bertz CT molecular complexity index is 564. The topological polar surface area (TPSA) is 39.7 Å². The van der Waals surface area contributed by atoms with Gasteiger partial charge in [-0.1, -0.05) is 37.1 Å². The van der Waals surface area contributed by atoms with E-state index in [1.807, 2.05) is 19.2 Å². The van der Waals surface area contributed by atoms with Crippen LogP contribution in [0.4, 0.5) is 0 Å². The summed E-state index contributed by atoms with van der Waals surface area (Å²) in [6.45, 7) is 5.52. The second kappa shape index (κ2) is 8.91. The molecule has 0 spiro atoms. The minimum absolute atomic E-state index is 0.524. The molecule has 0 aromatic heterocycles. The van der Waals surface area contributed by atoms with Gasteiger partial charge in [-0.3, -0.25) is 9.89 Å². The highest BCUT2D eigenvalue weighted by Crippen LogP contribution is 2.34.